The van der Waals surface area contributed by atoms with E-state index in [4.69, 9.17) is 0 Å². The Hall–Kier alpha value is -1.92. The van der Waals surface area contributed by atoms with Gasteiger partial charge in [0.05, 0.1) is 18.1 Å². The van der Waals surface area contributed by atoms with E-state index in [9.17, 15) is 19.8 Å². The summed E-state index contributed by atoms with van der Waals surface area (Å²) in [5.74, 6) is 0.0515. The number of aryl methyl sites for hydroxylation is 1. The summed E-state index contributed by atoms with van der Waals surface area (Å²) in [6, 6.07) is 9.60. The van der Waals surface area contributed by atoms with E-state index < -0.39 is 24.2 Å². The maximum atomic E-state index is 12.9. The second-order valence-corrected chi connectivity index (χ2v) is 10.6. The molecule has 2 amide bonds. The van der Waals surface area contributed by atoms with Crippen LogP contribution in [0.3, 0.4) is 0 Å². The molecule has 34 heavy (non-hydrogen) atoms. The molecule has 0 aliphatic heterocycles. The van der Waals surface area contributed by atoms with Crippen molar-refractivity contribution < 1.29 is 19.8 Å². The van der Waals surface area contributed by atoms with Crippen LogP contribution in [0.15, 0.2) is 30.3 Å². The zero-order chi connectivity index (χ0) is 24.9. The third-order valence-corrected chi connectivity index (χ3v) is 6.92. The van der Waals surface area contributed by atoms with Gasteiger partial charge in [-0.2, -0.15) is 0 Å². The normalized spacial score (nSPS) is 18.2. The van der Waals surface area contributed by atoms with Crippen LogP contribution in [-0.4, -0.2) is 46.8 Å². The van der Waals surface area contributed by atoms with E-state index in [0.717, 1.165) is 25.7 Å². The minimum absolute atomic E-state index is 0.0540. The quantitative estimate of drug-likeness (QED) is 0.328. The van der Waals surface area contributed by atoms with Crippen molar-refractivity contribution in [3.63, 3.8) is 0 Å². The Balaban J connectivity index is 1.82. The summed E-state index contributed by atoms with van der Waals surface area (Å²) in [4.78, 5) is 25.1. The number of benzene rings is 1. The molecule has 0 saturated heterocycles. The van der Waals surface area contributed by atoms with E-state index in [1.54, 1.807) is 6.92 Å². The lowest BCUT2D eigenvalue weighted by atomic mass is 9.82. The van der Waals surface area contributed by atoms with Gasteiger partial charge in [-0.1, -0.05) is 83.2 Å². The number of aliphatic hydroxyl groups excluding tert-OH is 2. The van der Waals surface area contributed by atoms with Crippen molar-refractivity contribution in [1.29, 1.82) is 0 Å². The maximum absolute atomic E-state index is 12.9. The van der Waals surface area contributed by atoms with E-state index in [0.29, 0.717) is 25.2 Å². The average molecular weight is 475 g/mol. The van der Waals surface area contributed by atoms with Crippen molar-refractivity contribution in [2.45, 2.75) is 103 Å². The Bertz CT molecular complexity index is 718. The van der Waals surface area contributed by atoms with Crippen LogP contribution >= 0.6 is 0 Å². The summed E-state index contributed by atoms with van der Waals surface area (Å²) >= 11 is 0. The molecule has 4 N–H and O–H groups in total. The van der Waals surface area contributed by atoms with Crippen LogP contribution in [0.5, 0.6) is 0 Å². The molecule has 0 bridgehead atoms. The molecule has 2 rings (SSSR count). The molecule has 0 unspecified atom stereocenters. The number of amides is 2. The number of hydrogen-bond donors (Lipinski definition) is 4. The van der Waals surface area contributed by atoms with Gasteiger partial charge in [0.15, 0.2) is 0 Å². The monoisotopic (exact) mass is 474 g/mol. The van der Waals surface area contributed by atoms with Crippen molar-refractivity contribution in [3.05, 3.63) is 35.9 Å². The number of nitrogens with one attached hydrogen (secondary N) is 2. The molecular formula is C28H46N2O4. The van der Waals surface area contributed by atoms with Crippen molar-refractivity contribution in [2.24, 2.45) is 17.8 Å². The Morgan fingerprint density at radius 2 is 1.71 bits per heavy atom. The summed E-state index contributed by atoms with van der Waals surface area (Å²) in [5.41, 5.74) is 1.21. The van der Waals surface area contributed by atoms with Crippen LogP contribution in [0.25, 0.3) is 0 Å². The third-order valence-electron chi connectivity index (χ3n) is 6.92. The van der Waals surface area contributed by atoms with Gasteiger partial charge in [-0.3, -0.25) is 9.59 Å². The maximum Gasteiger partial charge on any atom is 0.224 e. The number of aliphatic hydroxyl groups is 2. The summed E-state index contributed by atoms with van der Waals surface area (Å²) in [6.07, 6.45) is 7.17. The first-order chi connectivity index (χ1) is 16.3. The molecule has 0 heterocycles. The van der Waals surface area contributed by atoms with E-state index in [1.165, 1.54) is 24.8 Å². The highest BCUT2D eigenvalue weighted by molar-refractivity contribution is 5.80. The van der Waals surface area contributed by atoms with Gasteiger partial charge in [-0.15, -0.1) is 0 Å². The second kappa shape index (κ2) is 15.2. The molecular weight excluding hydrogens is 428 g/mol. The number of hydrogen-bond acceptors (Lipinski definition) is 4. The predicted molar refractivity (Wildman–Crippen MR) is 136 cm³/mol. The predicted octanol–water partition coefficient (Wildman–Crippen LogP) is 3.98. The van der Waals surface area contributed by atoms with Gasteiger partial charge >= 0.3 is 0 Å². The fraction of sp³-hybridized carbons (Fsp3) is 0.714. The number of rotatable bonds is 14. The molecule has 1 aliphatic carbocycles. The van der Waals surface area contributed by atoms with Crippen molar-refractivity contribution >= 4 is 11.8 Å². The van der Waals surface area contributed by atoms with Crippen LogP contribution in [0.2, 0.25) is 0 Å². The standard InChI is InChI=1S/C28H46N2O4/c1-20(2)17-25(31)27(33)24(18-23-13-8-5-9-14-23)30-28(34)21(3)19-29-26(32)16-10-15-22-11-6-4-7-12-22/h4,6-7,11-12,20-21,23-25,27,31,33H,5,8-10,13-19H2,1-3H3,(H,29,32)(H,30,34)/t21-,24+,25-,27+/m0/s1. The number of carbonyl (C=O) groups is 2. The lowest BCUT2D eigenvalue weighted by Crippen LogP contribution is -2.52. The molecule has 0 aromatic heterocycles. The first kappa shape index (κ1) is 28.3. The van der Waals surface area contributed by atoms with E-state index >= 15 is 0 Å². The first-order valence-electron chi connectivity index (χ1n) is 13.2. The first-order valence-corrected chi connectivity index (χ1v) is 13.2. The molecule has 4 atom stereocenters. The van der Waals surface area contributed by atoms with Crippen molar-refractivity contribution in [1.82, 2.24) is 10.6 Å². The van der Waals surface area contributed by atoms with Crippen LogP contribution in [0.1, 0.15) is 84.1 Å². The van der Waals surface area contributed by atoms with Gasteiger partial charge in [0, 0.05) is 13.0 Å². The molecule has 1 saturated carbocycles. The van der Waals surface area contributed by atoms with Crippen LogP contribution in [-0.2, 0) is 16.0 Å². The molecule has 1 aromatic carbocycles. The highest BCUT2D eigenvalue weighted by Gasteiger charge is 2.31. The molecule has 0 radical (unpaired) electrons. The number of carbonyl (C=O) groups excluding carboxylic acids is 2. The van der Waals surface area contributed by atoms with Crippen LogP contribution in [0, 0.1) is 17.8 Å². The SMILES string of the molecule is CC(C)C[C@H](O)[C@H](O)[C@@H](CC1CCCCC1)NC(=O)[C@@H](C)CNC(=O)CCCc1ccccc1. The Morgan fingerprint density at radius 3 is 2.35 bits per heavy atom. The summed E-state index contributed by atoms with van der Waals surface area (Å²) in [5, 5.41) is 27.3. The van der Waals surface area contributed by atoms with Crippen LogP contribution < -0.4 is 10.6 Å². The highest BCUT2D eigenvalue weighted by Crippen LogP contribution is 2.29. The topological polar surface area (TPSA) is 98.7 Å². The molecule has 1 aromatic rings. The average Bonchev–Trinajstić information content (AvgIpc) is 2.82. The van der Waals surface area contributed by atoms with Gasteiger partial charge in [0.2, 0.25) is 11.8 Å². The Labute approximate surface area is 205 Å². The van der Waals surface area contributed by atoms with Crippen molar-refractivity contribution in [3.8, 4) is 0 Å². The minimum Gasteiger partial charge on any atom is -0.390 e. The van der Waals surface area contributed by atoms with E-state index in [2.05, 4.69) is 22.8 Å². The molecule has 6 nitrogen and oxygen atoms in total. The largest absolute Gasteiger partial charge is 0.390 e. The Kier molecular flexibility index (Phi) is 12.6. The molecule has 192 valence electrons. The Morgan fingerprint density at radius 1 is 1.03 bits per heavy atom. The fourth-order valence-electron chi connectivity index (χ4n) is 4.83. The van der Waals surface area contributed by atoms with Gasteiger partial charge < -0.3 is 20.8 Å². The molecule has 0 spiro atoms. The highest BCUT2D eigenvalue weighted by atomic mass is 16.3. The van der Waals surface area contributed by atoms with Gasteiger partial charge in [0.25, 0.3) is 0 Å². The molecule has 1 aliphatic rings. The third kappa shape index (κ3) is 10.6. The zero-order valence-electron chi connectivity index (χ0n) is 21.3. The molecule has 1 fully saturated rings. The smallest absolute Gasteiger partial charge is 0.224 e. The fourth-order valence-corrected chi connectivity index (χ4v) is 4.83. The summed E-state index contributed by atoms with van der Waals surface area (Å²) < 4.78 is 0. The lowest BCUT2D eigenvalue weighted by Gasteiger charge is -2.33. The van der Waals surface area contributed by atoms with Gasteiger partial charge in [-0.25, -0.2) is 0 Å². The van der Waals surface area contributed by atoms with Gasteiger partial charge in [-0.05, 0) is 43.1 Å². The zero-order valence-corrected chi connectivity index (χ0v) is 21.3. The van der Waals surface area contributed by atoms with Crippen molar-refractivity contribution in [2.75, 3.05) is 6.54 Å². The summed E-state index contributed by atoms with van der Waals surface area (Å²) in [7, 11) is 0. The van der Waals surface area contributed by atoms with E-state index in [-0.39, 0.29) is 24.3 Å². The minimum atomic E-state index is -0.993. The lowest BCUT2D eigenvalue weighted by molar-refractivity contribution is -0.127. The molecule has 6 heteroatoms. The van der Waals surface area contributed by atoms with Crippen LogP contribution in [0.4, 0.5) is 0 Å². The second-order valence-electron chi connectivity index (χ2n) is 10.6. The summed E-state index contributed by atoms with van der Waals surface area (Å²) in [6.45, 7) is 6.06. The van der Waals surface area contributed by atoms with E-state index in [1.807, 2.05) is 32.0 Å². The van der Waals surface area contributed by atoms with Gasteiger partial charge in [0.1, 0.15) is 6.10 Å².